The van der Waals surface area contributed by atoms with E-state index in [4.69, 9.17) is 9.84 Å². The monoisotopic (exact) mass is 201 g/mol. The topological polar surface area (TPSA) is 32.7 Å². The molecule has 1 N–H and O–H groups in total. The summed E-state index contributed by atoms with van der Waals surface area (Å²) in [4.78, 5) is 2.36. The lowest BCUT2D eigenvalue weighted by Gasteiger charge is -2.31. The minimum absolute atomic E-state index is 0.265. The summed E-state index contributed by atoms with van der Waals surface area (Å²) in [6, 6.07) is 0.532. The van der Waals surface area contributed by atoms with Crippen LogP contribution in [-0.2, 0) is 4.74 Å². The molecular formula is C11H23NO2. The molecule has 0 aromatic rings. The van der Waals surface area contributed by atoms with E-state index in [9.17, 15) is 0 Å². The van der Waals surface area contributed by atoms with Crippen LogP contribution in [0.2, 0.25) is 0 Å². The van der Waals surface area contributed by atoms with E-state index in [1.807, 2.05) is 0 Å². The van der Waals surface area contributed by atoms with E-state index in [2.05, 4.69) is 18.7 Å². The highest BCUT2D eigenvalue weighted by atomic mass is 16.5. The van der Waals surface area contributed by atoms with Gasteiger partial charge >= 0.3 is 0 Å². The number of rotatable bonds is 5. The molecule has 3 nitrogen and oxygen atoms in total. The van der Waals surface area contributed by atoms with Gasteiger partial charge in [-0.05, 0) is 32.6 Å². The van der Waals surface area contributed by atoms with E-state index in [0.717, 1.165) is 32.2 Å². The molecule has 0 bridgehead atoms. The Kier molecular flexibility index (Phi) is 5.45. The van der Waals surface area contributed by atoms with Crippen LogP contribution < -0.4 is 0 Å². The molecule has 0 spiro atoms. The van der Waals surface area contributed by atoms with Gasteiger partial charge in [-0.15, -0.1) is 0 Å². The van der Waals surface area contributed by atoms with Gasteiger partial charge in [0.05, 0.1) is 6.61 Å². The molecule has 0 aliphatic carbocycles. The maximum absolute atomic E-state index is 8.95. The highest BCUT2D eigenvalue weighted by Gasteiger charge is 2.18. The molecule has 0 aromatic heterocycles. The zero-order chi connectivity index (χ0) is 10.4. The maximum atomic E-state index is 8.95. The van der Waals surface area contributed by atoms with Gasteiger partial charge in [-0.2, -0.15) is 0 Å². The highest BCUT2D eigenvalue weighted by Crippen LogP contribution is 2.16. The van der Waals surface area contributed by atoms with Gasteiger partial charge in [0, 0.05) is 32.3 Å². The van der Waals surface area contributed by atoms with E-state index in [-0.39, 0.29) is 6.61 Å². The van der Waals surface area contributed by atoms with Crippen molar-refractivity contribution in [2.24, 2.45) is 5.92 Å². The summed E-state index contributed by atoms with van der Waals surface area (Å²) < 4.78 is 5.33. The first kappa shape index (κ1) is 12.0. The minimum Gasteiger partial charge on any atom is -0.395 e. The third-order valence-electron chi connectivity index (χ3n) is 2.95. The summed E-state index contributed by atoms with van der Waals surface area (Å²) in [5.74, 6) is 0.762. The van der Waals surface area contributed by atoms with E-state index < -0.39 is 0 Å². The lowest BCUT2D eigenvalue weighted by molar-refractivity contribution is 0.0444. The van der Waals surface area contributed by atoms with Crippen LogP contribution in [-0.4, -0.2) is 49.0 Å². The molecule has 1 saturated heterocycles. The van der Waals surface area contributed by atoms with Crippen LogP contribution >= 0.6 is 0 Å². The van der Waals surface area contributed by atoms with Crippen LogP contribution in [0, 0.1) is 5.92 Å². The van der Waals surface area contributed by atoms with Gasteiger partial charge in [0.15, 0.2) is 0 Å². The number of hydrogen-bond acceptors (Lipinski definition) is 3. The number of aliphatic hydroxyl groups excluding tert-OH is 1. The van der Waals surface area contributed by atoms with E-state index in [1.54, 1.807) is 0 Å². The van der Waals surface area contributed by atoms with Crippen LogP contribution in [0.5, 0.6) is 0 Å². The van der Waals surface area contributed by atoms with Crippen LogP contribution in [0.15, 0.2) is 0 Å². The summed E-state index contributed by atoms with van der Waals surface area (Å²) in [7, 11) is 0. The summed E-state index contributed by atoms with van der Waals surface area (Å²) in [6.45, 7) is 8.38. The van der Waals surface area contributed by atoms with E-state index in [1.165, 1.54) is 12.8 Å². The smallest absolute Gasteiger partial charge is 0.0558 e. The average Bonchev–Trinajstić information content (AvgIpc) is 2.18. The third kappa shape index (κ3) is 3.95. The first-order valence-corrected chi connectivity index (χ1v) is 5.66. The molecule has 1 aliphatic rings. The van der Waals surface area contributed by atoms with Crippen molar-refractivity contribution in [3.8, 4) is 0 Å². The zero-order valence-corrected chi connectivity index (χ0v) is 9.41. The number of aliphatic hydroxyl groups is 1. The normalized spacial score (nSPS) is 19.5. The van der Waals surface area contributed by atoms with E-state index >= 15 is 0 Å². The summed E-state index contributed by atoms with van der Waals surface area (Å²) in [5, 5.41) is 8.95. The SMILES string of the molecule is CC(C)N(CCO)CC1CCOCC1. The Morgan fingerprint density at radius 1 is 1.36 bits per heavy atom. The van der Waals surface area contributed by atoms with Crippen molar-refractivity contribution in [1.29, 1.82) is 0 Å². The van der Waals surface area contributed by atoms with Crippen molar-refractivity contribution in [3.63, 3.8) is 0 Å². The fraction of sp³-hybridized carbons (Fsp3) is 1.00. The number of hydrogen-bond donors (Lipinski definition) is 1. The Balaban J connectivity index is 2.29. The molecule has 84 valence electrons. The number of ether oxygens (including phenoxy) is 1. The average molecular weight is 201 g/mol. The minimum atomic E-state index is 0.265. The molecule has 1 aliphatic heterocycles. The predicted octanol–water partition coefficient (Wildman–Crippen LogP) is 1.12. The first-order valence-electron chi connectivity index (χ1n) is 5.66. The zero-order valence-electron chi connectivity index (χ0n) is 9.41. The fourth-order valence-corrected chi connectivity index (χ4v) is 1.95. The highest BCUT2D eigenvalue weighted by molar-refractivity contribution is 4.71. The lowest BCUT2D eigenvalue weighted by Crippen LogP contribution is -2.38. The maximum Gasteiger partial charge on any atom is 0.0558 e. The van der Waals surface area contributed by atoms with Crippen molar-refractivity contribution in [2.45, 2.75) is 32.7 Å². The van der Waals surface area contributed by atoms with Crippen molar-refractivity contribution in [2.75, 3.05) is 32.9 Å². The molecule has 0 atom stereocenters. The summed E-state index contributed by atoms with van der Waals surface area (Å²) in [6.07, 6.45) is 2.35. The summed E-state index contributed by atoms with van der Waals surface area (Å²) >= 11 is 0. The van der Waals surface area contributed by atoms with Gasteiger partial charge in [0.25, 0.3) is 0 Å². The van der Waals surface area contributed by atoms with Crippen molar-refractivity contribution in [3.05, 3.63) is 0 Å². The Hall–Kier alpha value is -0.120. The second-order valence-electron chi connectivity index (χ2n) is 4.37. The predicted molar refractivity (Wildman–Crippen MR) is 57.3 cm³/mol. The molecule has 14 heavy (non-hydrogen) atoms. The fourth-order valence-electron chi connectivity index (χ4n) is 1.95. The van der Waals surface area contributed by atoms with Crippen LogP contribution in [0.25, 0.3) is 0 Å². The molecule has 0 saturated carbocycles. The van der Waals surface area contributed by atoms with Crippen LogP contribution in [0.1, 0.15) is 26.7 Å². The molecular weight excluding hydrogens is 178 g/mol. The van der Waals surface area contributed by atoms with Gasteiger partial charge in [0.1, 0.15) is 0 Å². The van der Waals surface area contributed by atoms with Crippen LogP contribution in [0.3, 0.4) is 0 Å². The molecule has 0 aromatic carbocycles. The van der Waals surface area contributed by atoms with Gasteiger partial charge in [0.2, 0.25) is 0 Å². The Morgan fingerprint density at radius 2 is 2.00 bits per heavy atom. The molecule has 0 amide bonds. The molecule has 3 heteroatoms. The molecule has 0 unspecified atom stereocenters. The van der Waals surface area contributed by atoms with Crippen molar-refractivity contribution in [1.82, 2.24) is 4.90 Å². The molecule has 1 rings (SSSR count). The standard InChI is InChI=1S/C11H23NO2/c1-10(2)12(5-6-13)9-11-3-7-14-8-4-11/h10-11,13H,3-9H2,1-2H3. The quantitative estimate of drug-likeness (QED) is 0.723. The molecule has 1 heterocycles. The van der Waals surface area contributed by atoms with Gasteiger partial charge < -0.3 is 9.84 Å². The van der Waals surface area contributed by atoms with Crippen LogP contribution in [0.4, 0.5) is 0 Å². The Labute approximate surface area is 87.1 Å². The molecule has 1 fully saturated rings. The summed E-state index contributed by atoms with van der Waals surface area (Å²) in [5.41, 5.74) is 0. The lowest BCUT2D eigenvalue weighted by atomic mass is 9.99. The first-order chi connectivity index (χ1) is 6.74. The van der Waals surface area contributed by atoms with Gasteiger partial charge in [-0.25, -0.2) is 0 Å². The van der Waals surface area contributed by atoms with Gasteiger partial charge in [-0.1, -0.05) is 0 Å². The second-order valence-corrected chi connectivity index (χ2v) is 4.37. The van der Waals surface area contributed by atoms with Crippen molar-refractivity contribution < 1.29 is 9.84 Å². The molecule has 0 radical (unpaired) electrons. The number of nitrogens with zero attached hydrogens (tertiary/aromatic N) is 1. The van der Waals surface area contributed by atoms with E-state index in [0.29, 0.717) is 6.04 Å². The second kappa shape index (κ2) is 6.38. The largest absolute Gasteiger partial charge is 0.395 e. The third-order valence-corrected chi connectivity index (χ3v) is 2.95. The van der Waals surface area contributed by atoms with Gasteiger partial charge in [-0.3, -0.25) is 4.90 Å². The van der Waals surface area contributed by atoms with Crippen molar-refractivity contribution >= 4 is 0 Å². The Morgan fingerprint density at radius 3 is 2.50 bits per heavy atom. The Bertz CT molecular complexity index is 144.